The zero-order valence-corrected chi connectivity index (χ0v) is 15.7. The van der Waals surface area contributed by atoms with Crippen LogP contribution in [0.25, 0.3) is 0 Å². The average Bonchev–Trinajstić information content (AvgIpc) is 2.59. The van der Waals surface area contributed by atoms with E-state index in [2.05, 4.69) is 69.3 Å². The molecule has 0 bridgehead atoms. The van der Waals surface area contributed by atoms with Crippen molar-refractivity contribution in [3.05, 3.63) is 60.7 Å². The maximum atomic E-state index is 2.52. The molecule has 0 spiro atoms. The van der Waals surface area contributed by atoms with E-state index in [0.29, 0.717) is 0 Å². The molecule has 0 N–H and O–H groups in total. The molecule has 25 heavy (non-hydrogen) atoms. The molecule has 2 saturated carbocycles. The lowest BCUT2D eigenvalue weighted by atomic mass is 9.85. The third-order valence-corrected chi connectivity index (χ3v) is 6.70. The summed E-state index contributed by atoms with van der Waals surface area (Å²) < 4.78 is 5.05. The van der Waals surface area contributed by atoms with Gasteiger partial charge in [0.25, 0.3) is 0 Å². The average molecular weight is 353 g/mol. The molecule has 2 fully saturated rings. The summed E-state index contributed by atoms with van der Waals surface area (Å²) >= 11 is 1.92. The molecule has 0 aromatic heterocycles. The third-order valence-electron chi connectivity index (χ3n) is 5.58. The molecule has 0 atom stereocenters. The van der Waals surface area contributed by atoms with Gasteiger partial charge >= 0.3 is 0 Å². The van der Waals surface area contributed by atoms with Crippen molar-refractivity contribution in [2.45, 2.75) is 38.5 Å². The number of hydrogen-bond donors (Lipinski definition) is 0. The van der Waals surface area contributed by atoms with Crippen LogP contribution in [0.3, 0.4) is 0 Å². The van der Waals surface area contributed by atoms with E-state index in [4.69, 9.17) is 0 Å². The van der Waals surface area contributed by atoms with Crippen molar-refractivity contribution < 1.29 is 0 Å². The molecule has 2 aromatic rings. The Labute approximate surface area is 156 Å². The molecule has 2 aliphatic rings. The van der Waals surface area contributed by atoms with Crippen molar-refractivity contribution >= 4 is 23.5 Å². The lowest BCUT2D eigenvalue weighted by Crippen LogP contribution is -2.35. The highest BCUT2D eigenvalue weighted by molar-refractivity contribution is 8.02. The minimum atomic E-state index is 0.856. The molecule has 0 unspecified atom stereocenters. The Kier molecular flexibility index (Phi) is 5.51. The summed E-state index contributed by atoms with van der Waals surface area (Å²) in [4.78, 5) is 0. The summed E-state index contributed by atoms with van der Waals surface area (Å²) in [7, 11) is 0. The molecule has 2 aromatic carbocycles. The fourth-order valence-corrected chi connectivity index (χ4v) is 4.72. The van der Waals surface area contributed by atoms with Gasteiger partial charge in [0.1, 0.15) is 0 Å². The zero-order chi connectivity index (χ0) is 16.9. The van der Waals surface area contributed by atoms with Crippen LogP contribution in [0.15, 0.2) is 60.7 Å². The molecule has 0 aliphatic heterocycles. The zero-order valence-electron chi connectivity index (χ0n) is 14.9. The smallest absolute Gasteiger partial charge is 0.0713 e. The van der Waals surface area contributed by atoms with Gasteiger partial charge in [-0.25, -0.2) is 0 Å². The van der Waals surface area contributed by atoms with Crippen molar-refractivity contribution in [2.24, 2.45) is 11.8 Å². The lowest BCUT2D eigenvalue weighted by molar-refractivity contribution is 0.325. The molecule has 2 aliphatic carbocycles. The van der Waals surface area contributed by atoms with E-state index in [9.17, 15) is 0 Å². The van der Waals surface area contributed by atoms with Crippen LogP contribution in [-0.2, 0) is 0 Å². The summed E-state index contributed by atoms with van der Waals surface area (Å²) in [6.45, 7) is 2.31. The minimum absolute atomic E-state index is 0.856. The molecule has 132 valence electrons. The summed E-state index contributed by atoms with van der Waals surface area (Å²) in [6.07, 6.45) is 8.36. The maximum Gasteiger partial charge on any atom is 0.0713 e. The second-order valence-electron chi connectivity index (χ2n) is 7.47. The second kappa shape index (κ2) is 8.18. The summed E-state index contributed by atoms with van der Waals surface area (Å²) in [5, 5.41) is 0. The summed E-state index contributed by atoms with van der Waals surface area (Å²) in [6, 6.07) is 21.8. The van der Waals surface area contributed by atoms with E-state index in [1.807, 2.05) is 12.1 Å². The molecular weight excluding hydrogens is 324 g/mol. The van der Waals surface area contributed by atoms with Gasteiger partial charge in [-0.3, -0.25) is 8.61 Å². The largest absolute Gasteiger partial charge is 0.298 e. The van der Waals surface area contributed by atoms with E-state index in [0.717, 1.165) is 24.9 Å². The van der Waals surface area contributed by atoms with Crippen LogP contribution in [0.5, 0.6) is 0 Å². The van der Waals surface area contributed by atoms with Crippen LogP contribution in [0.4, 0.5) is 11.4 Å². The first-order chi connectivity index (χ1) is 12.4. The molecular formula is C22H28N2S. The lowest BCUT2D eigenvalue weighted by Gasteiger charge is -2.38. The van der Waals surface area contributed by atoms with Gasteiger partial charge in [0, 0.05) is 24.5 Å². The summed E-state index contributed by atoms with van der Waals surface area (Å²) in [5.41, 5.74) is 2.66. The number of rotatable bonds is 8. The van der Waals surface area contributed by atoms with Gasteiger partial charge in [-0.05, 0) is 61.8 Å². The monoisotopic (exact) mass is 352 g/mol. The van der Waals surface area contributed by atoms with E-state index in [1.165, 1.54) is 49.9 Å². The van der Waals surface area contributed by atoms with Gasteiger partial charge in [0.05, 0.1) is 12.1 Å². The topological polar surface area (TPSA) is 6.48 Å². The van der Waals surface area contributed by atoms with Crippen molar-refractivity contribution in [2.75, 3.05) is 21.7 Å². The molecule has 3 heteroatoms. The van der Waals surface area contributed by atoms with E-state index in [-0.39, 0.29) is 0 Å². The molecule has 0 heterocycles. The van der Waals surface area contributed by atoms with Gasteiger partial charge < -0.3 is 0 Å². The summed E-state index contributed by atoms with van der Waals surface area (Å²) in [5.74, 6) is 1.71. The Hall–Kier alpha value is -1.61. The standard InChI is InChI=1S/C22H28N2S/c1-3-13-21(14-4-1)23(17-19-9-7-10-19)25-24(18-20-11-8-12-20)22-15-5-2-6-16-22/h1-6,13-16,19-20H,7-12,17-18H2. The van der Waals surface area contributed by atoms with E-state index < -0.39 is 0 Å². The van der Waals surface area contributed by atoms with E-state index >= 15 is 0 Å². The Morgan fingerprint density at radius 2 is 1.04 bits per heavy atom. The Balaban J connectivity index is 1.53. The highest BCUT2D eigenvalue weighted by Gasteiger charge is 2.26. The quantitative estimate of drug-likeness (QED) is 0.525. The van der Waals surface area contributed by atoms with Crippen molar-refractivity contribution in [1.82, 2.24) is 0 Å². The van der Waals surface area contributed by atoms with Gasteiger partial charge in [-0.2, -0.15) is 0 Å². The fourth-order valence-electron chi connectivity index (χ4n) is 3.50. The van der Waals surface area contributed by atoms with Crippen LogP contribution in [-0.4, -0.2) is 13.1 Å². The number of para-hydroxylation sites is 2. The molecule has 2 nitrogen and oxygen atoms in total. The predicted octanol–water partition coefficient (Wildman–Crippen LogP) is 6.16. The number of benzene rings is 2. The molecule has 0 saturated heterocycles. The molecule has 4 rings (SSSR count). The molecule has 0 radical (unpaired) electrons. The predicted molar refractivity (Wildman–Crippen MR) is 110 cm³/mol. The third kappa shape index (κ3) is 4.33. The highest BCUT2D eigenvalue weighted by Crippen LogP contribution is 2.37. The van der Waals surface area contributed by atoms with Crippen LogP contribution in [0, 0.1) is 11.8 Å². The van der Waals surface area contributed by atoms with Gasteiger partial charge in [-0.15, -0.1) is 0 Å². The van der Waals surface area contributed by atoms with Crippen molar-refractivity contribution in [1.29, 1.82) is 0 Å². The van der Waals surface area contributed by atoms with Crippen LogP contribution in [0.1, 0.15) is 38.5 Å². The van der Waals surface area contributed by atoms with Crippen LogP contribution in [0.2, 0.25) is 0 Å². The van der Waals surface area contributed by atoms with Gasteiger partial charge in [0.2, 0.25) is 0 Å². The maximum absolute atomic E-state index is 2.52. The first-order valence-electron chi connectivity index (χ1n) is 9.72. The second-order valence-corrected chi connectivity index (χ2v) is 8.51. The number of hydrogen-bond acceptors (Lipinski definition) is 3. The SMILES string of the molecule is c1ccc(N(CC2CCC2)SN(CC2CCC2)c2ccccc2)cc1. The first kappa shape index (κ1) is 16.8. The fraction of sp³-hybridized carbons (Fsp3) is 0.455. The van der Waals surface area contributed by atoms with Crippen molar-refractivity contribution in [3.63, 3.8) is 0 Å². The number of anilines is 2. The van der Waals surface area contributed by atoms with Crippen LogP contribution >= 0.6 is 12.1 Å². The highest BCUT2D eigenvalue weighted by atomic mass is 32.2. The van der Waals surface area contributed by atoms with E-state index in [1.54, 1.807) is 0 Å². The Bertz CT molecular complexity index is 580. The molecule has 0 amide bonds. The Morgan fingerprint density at radius 1 is 0.640 bits per heavy atom. The minimum Gasteiger partial charge on any atom is -0.298 e. The van der Waals surface area contributed by atoms with Gasteiger partial charge in [-0.1, -0.05) is 49.2 Å². The first-order valence-corrected chi connectivity index (χ1v) is 10.4. The van der Waals surface area contributed by atoms with Crippen molar-refractivity contribution in [3.8, 4) is 0 Å². The number of nitrogens with zero attached hydrogens (tertiary/aromatic N) is 2. The Morgan fingerprint density at radius 3 is 1.36 bits per heavy atom. The van der Waals surface area contributed by atoms with Crippen LogP contribution < -0.4 is 8.61 Å². The normalized spacial score (nSPS) is 17.6. The van der Waals surface area contributed by atoms with Gasteiger partial charge in [0.15, 0.2) is 0 Å².